The molecule has 1 saturated heterocycles. The number of hydrogen-bond donors (Lipinski definition) is 0. The highest BCUT2D eigenvalue weighted by molar-refractivity contribution is 7.88. The molecule has 162 valence electrons. The molecule has 0 saturated carbocycles. The molecule has 3 aromatic rings. The summed E-state index contributed by atoms with van der Waals surface area (Å²) in [5, 5.41) is 1.06. The number of aromatic nitrogens is 1. The van der Waals surface area contributed by atoms with Gasteiger partial charge in [0.05, 0.1) is 21.5 Å². The number of nitrogens with zero attached hydrogens (tertiary/aromatic N) is 3. The highest BCUT2D eigenvalue weighted by Gasteiger charge is 2.40. The maximum Gasteiger partial charge on any atom is 0.241 e. The first-order chi connectivity index (χ1) is 14.9. The van der Waals surface area contributed by atoms with E-state index in [1.165, 1.54) is 10.6 Å². The van der Waals surface area contributed by atoms with Crippen LogP contribution in [0, 0.1) is 0 Å². The number of thiazole rings is 1. The van der Waals surface area contributed by atoms with E-state index >= 15 is 0 Å². The third-order valence-electron chi connectivity index (χ3n) is 6.31. The Bertz CT molecular complexity index is 1200. The molecule has 2 unspecified atom stereocenters. The van der Waals surface area contributed by atoms with Crippen LogP contribution in [0.1, 0.15) is 34.9 Å². The molecule has 1 fully saturated rings. The molecule has 2 atom stereocenters. The predicted octanol–water partition coefficient (Wildman–Crippen LogP) is 3.39. The van der Waals surface area contributed by atoms with Gasteiger partial charge in [0, 0.05) is 25.6 Å². The van der Waals surface area contributed by atoms with E-state index in [-0.39, 0.29) is 18.4 Å². The standard InChI is InChI=1S/C23H25N3O3S2/c1-31(28,29)26-15-17-8-3-2-7-16(17)13-20(26)23(27)25-12-6-9-18(14-25)22-24-19-10-4-5-11-21(19)30-22/h2-5,7-8,10-11,18,20H,6,9,12-15H2,1H3. The first-order valence-corrected chi connectivity index (χ1v) is 13.2. The van der Waals surface area contributed by atoms with Gasteiger partial charge in [-0.2, -0.15) is 4.31 Å². The van der Waals surface area contributed by atoms with E-state index in [1.54, 1.807) is 11.3 Å². The van der Waals surface area contributed by atoms with E-state index in [4.69, 9.17) is 4.98 Å². The summed E-state index contributed by atoms with van der Waals surface area (Å²) in [6.45, 7) is 1.50. The number of benzene rings is 2. The minimum atomic E-state index is -3.51. The smallest absolute Gasteiger partial charge is 0.241 e. The number of fused-ring (bicyclic) bond motifs is 2. The summed E-state index contributed by atoms with van der Waals surface area (Å²) in [6.07, 6.45) is 3.51. The van der Waals surface area contributed by atoms with Crippen molar-refractivity contribution in [1.29, 1.82) is 0 Å². The monoisotopic (exact) mass is 455 g/mol. The van der Waals surface area contributed by atoms with Crippen molar-refractivity contribution >= 4 is 37.5 Å². The van der Waals surface area contributed by atoms with Gasteiger partial charge in [-0.1, -0.05) is 36.4 Å². The zero-order valence-electron chi connectivity index (χ0n) is 17.4. The van der Waals surface area contributed by atoms with E-state index in [0.717, 1.165) is 39.2 Å². The Labute approximate surface area is 186 Å². The van der Waals surface area contributed by atoms with Crippen LogP contribution in [0.2, 0.25) is 0 Å². The molecule has 0 radical (unpaired) electrons. The fraction of sp³-hybridized carbons (Fsp3) is 0.391. The van der Waals surface area contributed by atoms with Crippen LogP contribution < -0.4 is 0 Å². The Hall–Kier alpha value is -2.29. The number of piperidine rings is 1. The van der Waals surface area contributed by atoms with Gasteiger partial charge in [0.1, 0.15) is 6.04 Å². The van der Waals surface area contributed by atoms with Gasteiger partial charge in [0.25, 0.3) is 0 Å². The lowest BCUT2D eigenvalue weighted by Gasteiger charge is -2.39. The predicted molar refractivity (Wildman–Crippen MR) is 122 cm³/mol. The normalized spacial score (nSPS) is 22.4. The molecule has 2 aromatic carbocycles. The van der Waals surface area contributed by atoms with Gasteiger partial charge < -0.3 is 4.90 Å². The van der Waals surface area contributed by atoms with Crippen molar-refractivity contribution in [2.45, 2.75) is 37.8 Å². The molecule has 2 aliphatic heterocycles. The van der Waals surface area contributed by atoms with Gasteiger partial charge in [-0.05, 0) is 42.5 Å². The second-order valence-corrected chi connectivity index (χ2v) is 11.4. The SMILES string of the molecule is CS(=O)(=O)N1Cc2ccccc2CC1C(=O)N1CCCC(c2nc3ccccc3s2)C1. The molecule has 8 heteroatoms. The number of sulfonamides is 1. The van der Waals surface area contributed by atoms with Crippen LogP contribution >= 0.6 is 11.3 Å². The fourth-order valence-corrected chi connectivity index (χ4v) is 6.81. The molecule has 0 N–H and O–H groups in total. The highest BCUT2D eigenvalue weighted by Crippen LogP contribution is 2.34. The third kappa shape index (κ3) is 4.00. The van der Waals surface area contributed by atoms with Crippen molar-refractivity contribution < 1.29 is 13.2 Å². The molecule has 0 bridgehead atoms. The lowest BCUT2D eigenvalue weighted by Crippen LogP contribution is -2.54. The Morgan fingerprint density at radius 1 is 1.10 bits per heavy atom. The molecule has 1 amide bonds. The van der Waals surface area contributed by atoms with Crippen LogP contribution in [0.25, 0.3) is 10.2 Å². The summed E-state index contributed by atoms with van der Waals surface area (Å²) >= 11 is 1.69. The lowest BCUT2D eigenvalue weighted by atomic mass is 9.93. The maximum atomic E-state index is 13.6. The Morgan fingerprint density at radius 2 is 1.84 bits per heavy atom. The quantitative estimate of drug-likeness (QED) is 0.607. The molecular weight excluding hydrogens is 430 g/mol. The summed E-state index contributed by atoms with van der Waals surface area (Å²) < 4.78 is 27.6. The average Bonchev–Trinajstić information content (AvgIpc) is 3.21. The minimum Gasteiger partial charge on any atom is -0.341 e. The summed E-state index contributed by atoms with van der Waals surface area (Å²) in [5.74, 6) is 0.100. The van der Waals surface area contributed by atoms with Gasteiger partial charge >= 0.3 is 0 Å². The van der Waals surface area contributed by atoms with Crippen molar-refractivity contribution in [3.8, 4) is 0 Å². The third-order valence-corrected chi connectivity index (χ3v) is 8.74. The van der Waals surface area contributed by atoms with Crippen LogP contribution in [0.5, 0.6) is 0 Å². The largest absolute Gasteiger partial charge is 0.341 e. The van der Waals surface area contributed by atoms with Crippen molar-refractivity contribution in [3.05, 3.63) is 64.7 Å². The van der Waals surface area contributed by atoms with Crippen molar-refractivity contribution in [2.24, 2.45) is 0 Å². The molecule has 5 rings (SSSR count). The summed E-state index contributed by atoms with van der Waals surface area (Å²) in [5.41, 5.74) is 3.03. The lowest BCUT2D eigenvalue weighted by molar-refractivity contribution is -0.137. The second kappa shape index (κ2) is 8.00. The molecule has 1 aromatic heterocycles. The molecular formula is C23H25N3O3S2. The van der Waals surface area contributed by atoms with Gasteiger partial charge in [-0.3, -0.25) is 4.79 Å². The number of amides is 1. The summed E-state index contributed by atoms with van der Waals surface area (Å²) in [6, 6.07) is 15.2. The number of hydrogen-bond acceptors (Lipinski definition) is 5. The van der Waals surface area contributed by atoms with E-state index in [9.17, 15) is 13.2 Å². The topological polar surface area (TPSA) is 70.6 Å². The maximum absolute atomic E-state index is 13.6. The number of likely N-dealkylation sites (tertiary alicyclic amines) is 1. The van der Waals surface area contributed by atoms with Crippen molar-refractivity contribution in [1.82, 2.24) is 14.2 Å². The van der Waals surface area contributed by atoms with Crippen LogP contribution in [-0.2, 0) is 27.8 Å². The molecule has 3 heterocycles. The minimum absolute atomic E-state index is 0.0919. The number of carbonyl (C=O) groups excluding carboxylic acids is 1. The van der Waals surface area contributed by atoms with Crippen LogP contribution in [-0.4, -0.2) is 53.9 Å². The summed E-state index contributed by atoms with van der Waals surface area (Å²) in [7, 11) is -3.51. The van der Waals surface area contributed by atoms with Crippen molar-refractivity contribution in [2.75, 3.05) is 19.3 Å². The van der Waals surface area contributed by atoms with Crippen molar-refractivity contribution in [3.63, 3.8) is 0 Å². The second-order valence-electron chi connectivity index (χ2n) is 8.44. The number of carbonyl (C=O) groups is 1. The zero-order valence-corrected chi connectivity index (χ0v) is 19.0. The van der Waals surface area contributed by atoms with Crippen LogP contribution in [0.3, 0.4) is 0 Å². The highest BCUT2D eigenvalue weighted by atomic mass is 32.2. The fourth-order valence-electron chi connectivity index (χ4n) is 4.71. The first-order valence-electron chi connectivity index (χ1n) is 10.6. The van der Waals surface area contributed by atoms with E-state index in [1.807, 2.05) is 47.4 Å². The van der Waals surface area contributed by atoms with Gasteiger partial charge in [0.2, 0.25) is 15.9 Å². The molecule has 31 heavy (non-hydrogen) atoms. The van der Waals surface area contributed by atoms with E-state index < -0.39 is 16.1 Å². The van der Waals surface area contributed by atoms with Gasteiger partial charge in [-0.25, -0.2) is 13.4 Å². The number of para-hydroxylation sites is 1. The Kier molecular flexibility index (Phi) is 5.32. The van der Waals surface area contributed by atoms with Gasteiger partial charge in [0.15, 0.2) is 0 Å². The van der Waals surface area contributed by atoms with E-state index in [2.05, 4.69) is 6.07 Å². The molecule has 0 aliphatic carbocycles. The summed E-state index contributed by atoms with van der Waals surface area (Å²) in [4.78, 5) is 20.2. The first kappa shape index (κ1) is 20.6. The molecule has 0 spiro atoms. The van der Waals surface area contributed by atoms with E-state index in [0.29, 0.717) is 19.5 Å². The van der Waals surface area contributed by atoms with Crippen LogP contribution in [0.4, 0.5) is 0 Å². The molecule has 6 nitrogen and oxygen atoms in total. The zero-order chi connectivity index (χ0) is 21.6. The average molecular weight is 456 g/mol. The number of rotatable bonds is 3. The van der Waals surface area contributed by atoms with Crippen LogP contribution in [0.15, 0.2) is 48.5 Å². The molecule has 2 aliphatic rings. The Morgan fingerprint density at radius 3 is 2.61 bits per heavy atom. The Balaban J connectivity index is 1.40. The van der Waals surface area contributed by atoms with Gasteiger partial charge in [-0.15, -0.1) is 11.3 Å².